The maximum absolute atomic E-state index is 10.9. The van der Waals surface area contributed by atoms with Crippen LogP contribution in [0.3, 0.4) is 0 Å². The summed E-state index contributed by atoms with van der Waals surface area (Å²) < 4.78 is 24.1. The van der Waals surface area contributed by atoms with Crippen LogP contribution >= 0.6 is 11.3 Å². The van der Waals surface area contributed by atoms with E-state index in [1.165, 1.54) is 11.3 Å². The molecule has 5 nitrogen and oxygen atoms in total. The molecule has 2 rings (SSSR count). The van der Waals surface area contributed by atoms with Crippen LogP contribution < -0.4 is 10.0 Å². The van der Waals surface area contributed by atoms with E-state index in [1.807, 2.05) is 0 Å². The second-order valence-corrected chi connectivity index (χ2v) is 5.70. The first-order chi connectivity index (χ1) is 6.04. The van der Waals surface area contributed by atoms with Crippen LogP contribution in [0.15, 0.2) is 0 Å². The van der Waals surface area contributed by atoms with Gasteiger partial charge in [0.1, 0.15) is 0 Å². The average molecular weight is 219 g/mol. The summed E-state index contributed by atoms with van der Waals surface area (Å²) in [5.74, 6) is 0. The number of hydrogen-bond acceptors (Lipinski definition) is 5. The second-order valence-electron chi connectivity index (χ2n) is 2.87. The van der Waals surface area contributed by atoms with Crippen LogP contribution in [-0.2, 0) is 23.1 Å². The lowest BCUT2D eigenvalue weighted by atomic mass is 10.4. The Morgan fingerprint density at radius 2 is 2.31 bits per heavy atom. The number of thiazole rings is 1. The van der Waals surface area contributed by atoms with Gasteiger partial charge in [0.05, 0.1) is 11.9 Å². The molecule has 1 aromatic rings. The molecule has 72 valence electrons. The van der Waals surface area contributed by atoms with E-state index in [1.54, 1.807) is 0 Å². The summed E-state index contributed by atoms with van der Waals surface area (Å²) in [4.78, 5) is 5.26. The number of fused-ring (bicyclic) bond motifs is 1. The van der Waals surface area contributed by atoms with Gasteiger partial charge >= 0.3 is 0 Å². The standard InChI is InChI=1S/C6H9N3O2S2/c1-13(10,11)9-6-8-4-2-7-3-5(4)12-6/h7H,2-3H2,1H3,(H,8,9). The van der Waals surface area contributed by atoms with Gasteiger partial charge in [0, 0.05) is 18.0 Å². The molecule has 1 aliphatic heterocycles. The molecule has 0 radical (unpaired) electrons. The van der Waals surface area contributed by atoms with E-state index in [0.717, 1.165) is 29.9 Å². The number of anilines is 1. The Labute approximate surface area is 80.2 Å². The fourth-order valence-corrected chi connectivity index (χ4v) is 2.94. The molecule has 1 aliphatic rings. The third-order valence-corrected chi connectivity index (χ3v) is 3.34. The quantitative estimate of drug-likeness (QED) is 0.741. The Bertz CT molecular complexity index is 402. The van der Waals surface area contributed by atoms with Crippen molar-refractivity contribution in [2.24, 2.45) is 0 Å². The van der Waals surface area contributed by atoms with Gasteiger partial charge in [-0.15, -0.1) is 0 Å². The van der Waals surface area contributed by atoms with E-state index in [4.69, 9.17) is 0 Å². The second kappa shape index (κ2) is 2.93. The Morgan fingerprint density at radius 3 is 2.92 bits per heavy atom. The number of nitrogens with one attached hydrogen (secondary N) is 2. The topological polar surface area (TPSA) is 71.1 Å². The van der Waals surface area contributed by atoms with Crippen molar-refractivity contribution >= 4 is 26.5 Å². The highest BCUT2D eigenvalue weighted by Crippen LogP contribution is 2.26. The molecule has 1 aromatic heterocycles. The van der Waals surface area contributed by atoms with Crippen molar-refractivity contribution in [2.75, 3.05) is 11.0 Å². The summed E-state index contributed by atoms with van der Waals surface area (Å²) >= 11 is 1.38. The summed E-state index contributed by atoms with van der Waals surface area (Å²) in [6.07, 6.45) is 1.12. The van der Waals surface area contributed by atoms with Crippen molar-refractivity contribution in [3.63, 3.8) is 0 Å². The Balaban J connectivity index is 2.24. The van der Waals surface area contributed by atoms with E-state index in [9.17, 15) is 8.42 Å². The first-order valence-electron chi connectivity index (χ1n) is 3.72. The predicted molar refractivity (Wildman–Crippen MR) is 51.1 cm³/mol. The average Bonchev–Trinajstić information content (AvgIpc) is 2.40. The lowest BCUT2D eigenvalue weighted by molar-refractivity contribution is 0.606. The minimum absolute atomic E-state index is 0.467. The molecule has 0 bridgehead atoms. The molecule has 0 fully saturated rings. The van der Waals surface area contributed by atoms with E-state index in [2.05, 4.69) is 15.0 Å². The van der Waals surface area contributed by atoms with Crippen LogP contribution in [0.2, 0.25) is 0 Å². The molecule has 0 saturated heterocycles. The molecule has 0 aromatic carbocycles. The highest BCUT2D eigenvalue weighted by molar-refractivity contribution is 7.92. The van der Waals surface area contributed by atoms with Gasteiger partial charge in [0.2, 0.25) is 10.0 Å². The Morgan fingerprint density at radius 1 is 1.54 bits per heavy atom. The van der Waals surface area contributed by atoms with Crippen LogP contribution in [0.5, 0.6) is 0 Å². The normalized spacial score (nSPS) is 15.8. The maximum atomic E-state index is 10.9. The van der Waals surface area contributed by atoms with Crippen molar-refractivity contribution in [3.8, 4) is 0 Å². The lowest BCUT2D eigenvalue weighted by Crippen LogP contribution is -2.10. The maximum Gasteiger partial charge on any atom is 0.231 e. The zero-order valence-electron chi connectivity index (χ0n) is 6.99. The third kappa shape index (κ3) is 1.98. The van der Waals surface area contributed by atoms with Gasteiger partial charge < -0.3 is 5.32 Å². The molecular weight excluding hydrogens is 210 g/mol. The molecule has 2 heterocycles. The van der Waals surface area contributed by atoms with Gasteiger partial charge in [0.15, 0.2) is 5.13 Å². The largest absolute Gasteiger partial charge is 0.306 e. The molecule has 7 heteroatoms. The van der Waals surface area contributed by atoms with Gasteiger partial charge in [-0.3, -0.25) is 4.72 Å². The molecule has 0 aliphatic carbocycles. The van der Waals surface area contributed by atoms with Gasteiger partial charge in [0.25, 0.3) is 0 Å². The molecule has 13 heavy (non-hydrogen) atoms. The van der Waals surface area contributed by atoms with Crippen LogP contribution in [0.4, 0.5) is 5.13 Å². The molecular formula is C6H9N3O2S2. The molecule has 0 amide bonds. The number of hydrogen-bond donors (Lipinski definition) is 2. The van der Waals surface area contributed by atoms with Gasteiger partial charge in [-0.25, -0.2) is 13.4 Å². The number of sulfonamides is 1. The molecule has 0 unspecified atom stereocenters. The summed E-state index contributed by atoms with van der Waals surface area (Å²) in [7, 11) is -3.19. The fraction of sp³-hybridized carbons (Fsp3) is 0.500. The minimum atomic E-state index is -3.19. The highest BCUT2D eigenvalue weighted by Gasteiger charge is 2.17. The molecule has 2 N–H and O–H groups in total. The summed E-state index contributed by atoms with van der Waals surface area (Å²) in [5.41, 5.74) is 0.955. The molecule has 0 atom stereocenters. The SMILES string of the molecule is CS(=O)(=O)Nc1nc2c(s1)CNC2. The van der Waals surface area contributed by atoms with Crippen molar-refractivity contribution in [1.82, 2.24) is 10.3 Å². The molecule has 0 saturated carbocycles. The first-order valence-corrected chi connectivity index (χ1v) is 6.42. The summed E-state index contributed by atoms with van der Waals surface area (Å²) in [5, 5.41) is 3.60. The van der Waals surface area contributed by atoms with Crippen molar-refractivity contribution in [2.45, 2.75) is 13.1 Å². The lowest BCUT2D eigenvalue weighted by Gasteiger charge is -1.97. The van der Waals surface area contributed by atoms with Crippen LogP contribution in [0, 0.1) is 0 Å². The van der Waals surface area contributed by atoms with E-state index >= 15 is 0 Å². The zero-order chi connectivity index (χ0) is 9.47. The Hall–Kier alpha value is -0.660. The first kappa shape index (κ1) is 8.92. The minimum Gasteiger partial charge on any atom is -0.306 e. The van der Waals surface area contributed by atoms with Crippen molar-refractivity contribution in [3.05, 3.63) is 10.6 Å². The van der Waals surface area contributed by atoms with Crippen LogP contribution in [-0.4, -0.2) is 19.7 Å². The van der Waals surface area contributed by atoms with Crippen molar-refractivity contribution in [1.29, 1.82) is 0 Å². The fourth-order valence-electron chi connectivity index (χ4n) is 1.16. The van der Waals surface area contributed by atoms with E-state index < -0.39 is 10.0 Å². The van der Waals surface area contributed by atoms with E-state index in [-0.39, 0.29) is 0 Å². The molecule has 0 spiro atoms. The number of aromatic nitrogens is 1. The summed E-state index contributed by atoms with van der Waals surface area (Å²) in [6.45, 7) is 1.52. The third-order valence-electron chi connectivity index (χ3n) is 1.63. The van der Waals surface area contributed by atoms with Crippen LogP contribution in [0.25, 0.3) is 0 Å². The van der Waals surface area contributed by atoms with Crippen LogP contribution in [0.1, 0.15) is 10.6 Å². The van der Waals surface area contributed by atoms with Gasteiger partial charge in [-0.2, -0.15) is 0 Å². The number of nitrogens with zero attached hydrogens (tertiary/aromatic N) is 1. The smallest absolute Gasteiger partial charge is 0.231 e. The summed E-state index contributed by atoms with van der Waals surface area (Å²) in [6, 6.07) is 0. The van der Waals surface area contributed by atoms with Gasteiger partial charge in [-0.05, 0) is 0 Å². The Kier molecular flexibility index (Phi) is 2.01. The van der Waals surface area contributed by atoms with Crippen molar-refractivity contribution < 1.29 is 8.42 Å². The van der Waals surface area contributed by atoms with Gasteiger partial charge in [-0.1, -0.05) is 11.3 Å². The monoisotopic (exact) mass is 219 g/mol. The van der Waals surface area contributed by atoms with E-state index in [0.29, 0.717) is 5.13 Å². The highest BCUT2D eigenvalue weighted by atomic mass is 32.2. The number of rotatable bonds is 2. The zero-order valence-corrected chi connectivity index (χ0v) is 8.63. The predicted octanol–water partition coefficient (Wildman–Crippen LogP) is 0.118.